The van der Waals surface area contributed by atoms with Gasteiger partial charge in [-0.15, -0.1) is 0 Å². The first kappa shape index (κ1) is 33.8. The zero-order valence-corrected chi connectivity index (χ0v) is 30.4. The van der Waals surface area contributed by atoms with Gasteiger partial charge in [-0.05, 0) is 48.6 Å². The van der Waals surface area contributed by atoms with Crippen molar-refractivity contribution >= 4 is 40.7 Å². The van der Waals surface area contributed by atoms with Gasteiger partial charge < -0.3 is 20.1 Å². The van der Waals surface area contributed by atoms with Gasteiger partial charge in [0.15, 0.2) is 0 Å². The molecule has 4 fully saturated rings. The highest BCUT2D eigenvalue weighted by Crippen LogP contribution is 2.44. The van der Waals surface area contributed by atoms with Crippen LogP contribution in [0.2, 0.25) is 10.0 Å². The smallest absolute Gasteiger partial charge is 0.258 e. The zero-order chi connectivity index (χ0) is 35.8. The van der Waals surface area contributed by atoms with E-state index in [0.29, 0.717) is 52.4 Å². The number of aliphatic hydroxyl groups excluding tert-OH is 1. The van der Waals surface area contributed by atoms with E-state index in [9.17, 15) is 14.7 Å². The molecule has 3 N–H and O–H groups in total. The molecule has 0 saturated carbocycles. The molecule has 5 aliphatic heterocycles. The van der Waals surface area contributed by atoms with Crippen LogP contribution >= 0.6 is 23.2 Å². The Balaban J connectivity index is 0.921. The fourth-order valence-corrected chi connectivity index (χ4v) is 9.62. The van der Waals surface area contributed by atoms with Gasteiger partial charge >= 0.3 is 0 Å². The van der Waals surface area contributed by atoms with E-state index in [-0.39, 0.29) is 22.9 Å². The van der Waals surface area contributed by atoms with Crippen LogP contribution in [0.15, 0.2) is 66.7 Å². The first-order valence-electron chi connectivity index (χ1n) is 17.9. The number of anilines is 1. The van der Waals surface area contributed by atoms with Crippen LogP contribution in [0, 0.1) is 0 Å². The number of fused-ring (bicyclic) bond motifs is 1. The summed E-state index contributed by atoms with van der Waals surface area (Å²) in [6, 6.07) is 21.6. The lowest BCUT2D eigenvalue weighted by Crippen LogP contribution is -2.67. The van der Waals surface area contributed by atoms with Crippen molar-refractivity contribution in [3.05, 3.63) is 99.0 Å². The summed E-state index contributed by atoms with van der Waals surface area (Å²) in [6.07, 6.45) is 2.88. The summed E-state index contributed by atoms with van der Waals surface area (Å²) >= 11 is 14.3. The number of benzene rings is 3. The number of halogens is 2. The lowest BCUT2D eigenvalue weighted by Gasteiger charge is -2.48. The van der Waals surface area contributed by atoms with Crippen LogP contribution < -0.4 is 20.3 Å². The van der Waals surface area contributed by atoms with Gasteiger partial charge in [-0.2, -0.15) is 0 Å². The molecule has 268 valence electrons. The average Bonchev–Trinajstić information content (AvgIpc) is 3.79. The molecule has 12 heteroatoms. The summed E-state index contributed by atoms with van der Waals surface area (Å²) in [5.41, 5.74) is 7.27. The molecule has 52 heavy (non-hydrogen) atoms. The fraction of sp³-hybridized carbons (Fsp3) is 0.375. The molecule has 4 saturated heterocycles. The number of likely N-dealkylation sites (tertiary alicyclic amines) is 2. The molecule has 0 bridgehead atoms. The normalized spacial score (nSPS) is 21.8. The van der Waals surface area contributed by atoms with Crippen molar-refractivity contribution in [3.8, 4) is 28.3 Å². The van der Waals surface area contributed by atoms with E-state index in [0.717, 1.165) is 85.4 Å². The first-order chi connectivity index (χ1) is 25.1. The minimum atomic E-state index is -0.401. The first-order valence-corrected chi connectivity index (χ1v) is 18.6. The van der Waals surface area contributed by atoms with Crippen molar-refractivity contribution in [2.45, 2.75) is 62.6 Å². The van der Waals surface area contributed by atoms with E-state index in [4.69, 9.17) is 32.9 Å². The van der Waals surface area contributed by atoms with Crippen LogP contribution in [-0.4, -0.2) is 82.3 Å². The topological polar surface area (TPSA) is 110 Å². The molecule has 2 spiro atoms. The molecule has 9 rings (SSSR count). The van der Waals surface area contributed by atoms with Crippen LogP contribution in [0.1, 0.15) is 52.7 Å². The van der Waals surface area contributed by atoms with Gasteiger partial charge in [-0.1, -0.05) is 71.7 Å². The average molecular weight is 740 g/mol. The largest absolute Gasteiger partial charge is 0.481 e. The van der Waals surface area contributed by atoms with Crippen LogP contribution in [0.3, 0.4) is 0 Å². The standard InChI is InChI=1S/C40H40Cl2N6O4/c1-52-37-25(18-47-22-40(23-47)15-13-34(50)45-40)9-11-31(43-37)30-6-2-4-28(35(30)41)29-5-3-7-32(36(29)42)48-19-26-16-24(8-10-27(26)38(48)51)17-46-20-39(21-46)14-12-33(49)44-39/h2-11,16,33,44,49H,12-15,17-23H2,1H3,(H,45,50). The lowest BCUT2D eigenvalue weighted by atomic mass is 9.88. The number of rotatable bonds is 8. The maximum Gasteiger partial charge on any atom is 0.258 e. The van der Waals surface area contributed by atoms with Crippen LogP contribution in [0.5, 0.6) is 5.88 Å². The minimum absolute atomic E-state index is 0.0385. The molecule has 2 amide bonds. The number of nitrogens with zero attached hydrogens (tertiary/aromatic N) is 4. The Morgan fingerprint density at radius 1 is 0.865 bits per heavy atom. The summed E-state index contributed by atoms with van der Waals surface area (Å²) in [6.45, 7) is 5.36. The summed E-state index contributed by atoms with van der Waals surface area (Å²) in [5.74, 6) is 0.589. The second kappa shape index (κ2) is 12.8. The summed E-state index contributed by atoms with van der Waals surface area (Å²) < 4.78 is 5.73. The number of nitrogens with one attached hydrogen (secondary N) is 2. The number of hydrogen-bond donors (Lipinski definition) is 3. The Labute approximate surface area is 312 Å². The van der Waals surface area contributed by atoms with E-state index < -0.39 is 6.23 Å². The molecule has 4 aromatic rings. The van der Waals surface area contributed by atoms with Gasteiger partial charge in [0.2, 0.25) is 11.8 Å². The molecule has 0 radical (unpaired) electrons. The van der Waals surface area contributed by atoms with Crippen molar-refractivity contribution < 1.29 is 19.4 Å². The van der Waals surface area contributed by atoms with Gasteiger partial charge in [0, 0.05) is 79.0 Å². The van der Waals surface area contributed by atoms with E-state index in [1.54, 1.807) is 12.0 Å². The van der Waals surface area contributed by atoms with Crippen LogP contribution in [-0.2, 0) is 24.4 Å². The highest BCUT2D eigenvalue weighted by molar-refractivity contribution is 6.39. The summed E-state index contributed by atoms with van der Waals surface area (Å²) in [4.78, 5) is 36.7. The second-order valence-corrected chi connectivity index (χ2v) is 15.9. The quantitative estimate of drug-likeness (QED) is 0.214. The number of ether oxygens (including phenoxy) is 1. The molecular formula is C40H40Cl2N6O4. The van der Waals surface area contributed by atoms with Crippen LogP contribution in [0.4, 0.5) is 5.69 Å². The highest BCUT2D eigenvalue weighted by atomic mass is 35.5. The third kappa shape index (κ3) is 5.86. The van der Waals surface area contributed by atoms with Crippen molar-refractivity contribution in [3.63, 3.8) is 0 Å². The van der Waals surface area contributed by atoms with E-state index in [2.05, 4.69) is 26.5 Å². The Morgan fingerprint density at radius 2 is 1.60 bits per heavy atom. The number of methoxy groups -OCH3 is 1. The van der Waals surface area contributed by atoms with E-state index in [1.165, 1.54) is 0 Å². The Hall–Kier alpha value is -4.03. The lowest BCUT2D eigenvalue weighted by molar-refractivity contribution is -0.120. The molecule has 1 unspecified atom stereocenters. The number of carbonyl (C=O) groups excluding carboxylic acids is 2. The molecular weight excluding hydrogens is 699 g/mol. The Bertz CT molecular complexity index is 2110. The summed E-state index contributed by atoms with van der Waals surface area (Å²) in [5, 5.41) is 17.3. The SMILES string of the molecule is COc1nc(-c2cccc(-c3cccc(N4Cc5cc(CN6CC7(CCC(O)N7)C6)ccc5C4=O)c3Cl)c2Cl)ccc1CN1CC2(CCC(=O)N2)C1. The number of aromatic nitrogens is 1. The number of aliphatic hydroxyl groups is 1. The molecule has 1 aromatic heterocycles. The van der Waals surface area contributed by atoms with Crippen molar-refractivity contribution in [2.24, 2.45) is 0 Å². The number of hydrogen-bond acceptors (Lipinski definition) is 8. The molecule has 3 aromatic carbocycles. The van der Waals surface area contributed by atoms with Gasteiger partial charge in [0.25, 0.3) is 5.91 Å². The maximum atomic E-state index is 13.7. The van der Waals surface area contributed by atoms with E-state index >= 15 is 0 Å². The molecule has 5 aliphatic rings. The third-order valence-electron chi connectivity index (χ3n) is 11.4. The van der Waals surface area contributed by atoms with E-state index in [1.807, 2.05) is 60.7 Å². The van der Waals surface area contributed by atoms with Gasteiger partial charge in [-0.3, -0.25) is 24.7 Å². The highest BCUT2D eigenvalue weighted by Gasteiger charge is 2.48. The second-order valence-electron chi connectivity index (χ2n) is 15.2. The molecule has 0 aliphatic carbocycles. The predicted molar refractivity (Wildman–Crippen MR) is 200 cm³/mol. The molecule has 10 nitrogen and oxygen atoms in total. The van der Waals surface area contributed by atoms with Crippen molar-refractivity contribution in [2.75, 3.05) is 38.2 Å². The molecule has 6 heterocycles. The monoisotopic (exact) mass is 738 g/mol. The molecule has 1 atom stereocenters. The van der Waals surface area contributed by atoms with Gasteiger partial charge in [0.05, 0.1) is 40.6 Å². The summed E-state index contributed by atoms with van der Waals surface area (Å²) in [7, 11) is 1.62. The fourth-order valence-electron chi connectivity index (χ4n) is 8.97. The zero-order valence-electron chi connectivity index (χ0n) is 28.9. The number of carbonyl (C=O) groups is 2. The minimum Gasteiger partial charge on any atom is -0.481 e. The maximum absolute atomic E-state index is 13.7. The van der Waals surface area contributed by atoms with Gasteiger partial charge in [-0.25, -0.2) is 4.98 Å². The van der Waals surface area contributed by atoms with Gasteiger partial charge in [0.1, 0.15) is 6.23 Å². The number of amides is 2. The third-order valence-corrected chi connectivity index (χ3v) is 12.3. The Kier molecular flexibility index (Phi) is 8.33. The predicted octanol–water partition coefficient (Wildman–Crippen LogP) is 5.61. The van der Waals surface area contributed by atoms with Crippen molar-refractivity contribution in [1.82, 2.24) is 25.4 Å². The van der Waals surface area contributed by atoms with Crippen LogP contribution in [0.25, 0.3) is 22.4 Å². The Morgan fingerprint density at radius 3 is 2.33 bits per heavy atom. The number of pyridine rings is 1. The van der Waals surface area contributed by atoms with Crippen molar-refractivity contribution in [1.29, 1.82) is 0 Å².